The molecule has 1 N–H and O–H groups in total. The SMILES string of the molecule is C[C@H](OC(=O)c1ccc(-n2cncn2)nc1)C(=O)N[C@H]1CCCc2ccccc21. The van der Waals surface area contributed by atoms with Crippen LogP contribution in [0.25, 0.3) is 5.82 Å². The van der Waals surface area contributed by atoms with Crippen molar-refractivity contribution in [2.45, 2.75) is 38.3 Å². The molecule has 1 amide bonds. The predicted octanol–water partition coefficient (Wildman–Crippen LogP) is 2.40. The Hall–Kier alpha value is -3.55. The number of ether oxygens (including phenoxy) is 1. The van der Waals surface area contributed by atoms with Crippen molar-refractivity contribution in [3.63, 3.8) is 0 Å². The molecule has 0 aliphatic heterocycles. The van der Waals surface area contributed by atoms with Crippen LogP contribution in [0.4, 0.5) is 0 Å². The van der Waals surface area contributed by atoms with Crippen molar-refractivity contribution in [2.24, 2.45) is 0 Å². The van der Waals surface area contributed by atoms with Gasteiger partial charge < -0.3 is 10.1 Å². The molecule has 0 fully saturated rings. The maximum absolute atomic E-state index is 12.6. The molecule has 0 radical (unpaired) electrons. The number of pyridine rings is 1. The highest BCUT2D eigenvalue weighted by atomic mass is 16.5. The number of aryl methyl sites for hydroxylation is 1. The largest absolute Gasteiger partial charge is 0.449 e. The van der Waals surface area contributed by atoms with E-state index in [-0.39, 0.29) is 17.5 Å². The molecule has 2 heterocycles. The van der Waals surface area contributed by atoms with Crippen molar-refractivity contribution in [3.05, 3.63) is 71.9 Å². The molecule has 3 aromatic rings. The Morgan fingerprint density at radius 1 is 1.24 bits per heavy atom. The molecule has 2 atom stereocenters. The topological polar surface area (TPSA) is 99.0 Å². The van der Waals surface area contributed by atoms with Crippen LogP contribution >= 0.6 is 0 Å². The smallest absolute Gasteiger partial charge is 0.340 e. The quantitative estimate of drug-likeness (QED) is 0.671. The van der Waals surface area contributed by atoms with Gasteiger partial charge in [0.2, 0.25) is 0 Å². The minimum absolute atomic E-state index is 0.0581. The fourth-order valence-electron chi connectivity index (χ4n) is 3.44. The number of carbonyl (C=O) groups is 2. The Balaban J connectivity index is 1.37. The first-order chi connectivity index (χ1) is 14.1. The second-order valence-corrected chi connectivity index (χ2v) is 6.94. The Morgan fingerprint density at radius 3 is 2.86 bits per heavy atom. The Bertz CT molecular complexity index is 1000. The molecule has 0 saturated heterocycles. The summed E-state index contributed by atoms with van der Waals surface area (Å²) in [5.41, 5.74) is 2.65. The van der Waals surface area contributed by atoms with Crippen LogP contribution in [0.2, 0.25) is 0 Å². The van der Waals surface area contributed by atoms with Gasteiger partial charge in [0.1, 0.15) is 12.7 Å². The third-order valence-electron chi connectivity index (χ3n) is 4.98. The second-order valence-electron chi connectivity index (χ2n) is 6.94. The number of aromatic nitrogens is 4. The lowest BCUT2D eigenvalue weighted by molar-refractivity contribution is -0.130. The van der Waals surface area contributed by atoms with Crippen LogP contribution in [0, 0.1) is 0 Å². The molecular formula is C21H21N5O3. The zero-order chi connectivity index (χ0) is 20.2. The van der Waals surface area contributed by atoms with Crippen molar-refractivity contribution >= 4 is 11.9 Å². The van der Waals surface area contributed by atoms with Crippen molar-refractivity contribution < 1.29 is 14.3 Å². The summed E-state index contributed by atoms with van der Waals surface area (Å²) in [5, 5.41) is 6.99. The van der Waals surface area contributed by atoms with E-state index in [2.05, 4.69) is 26.4 Å². The van der Waals surface area contributed by atoms with Gasteiger partial charge in [0.05, 0.1) is 11.6 Å². The van der Waals surface area contributed by atoms with Crippen LogP contribution < -0.4 is 5.32 Å². The summed E-state index contributed by atoms with van der Waals surface area (Å²) in [6.45, 7) is 1.57. The third-order valence-corrected chi connectivity index (χ3v) is 4.98. The molecule has 0 saturated carbocycles. The molecule has 8 heteroatoms. The van der Waals surface area contributed by atoms with E-state index in [9.17, 15) is 9.59 Å². The van der Waals surface area contributed by atoms with E-state index in [1.807, 2.05) is 18.2 Å². The van der Waals surface area contributed by atoms with Crippen LogP contribution in [-0.4, -0.2) is 37.7 Å². The fraction of sp³-hybridized carbons (Fsp3) is 0.286. The molecule has 2 aromatic heterocycles. The number of rotatable bonds is 5. The second kappa shape index (κ2) is 8.22. The predicted molar refractivity (Wildman–Crippen MR) is 104 cm³/mol. The van der Waals surface area contributed by atoms with E-state index >= 15 is 0 Å². The number of nitrogens with zero attached hydrogens (tertiary/aromatic N) is 4. The first kappa shape index (κ1) is 18.8. The molecule has 1 aliphatic rings. The average Bonchev–Trinajstić information content (AvgIpc) is 3.29. The van der Waals surface area contributed by atoms with Crippen LogP contribution in [-0.2, 0) is 16.0 Å². The molecule has 0 bridgehead atoms. The average molecular weight is 391 g/mol. The van der Waals surface area contributed by atoms with Crippen LogP contribution in [0.5, 0.6) is 0 Å². The molecule has 4 rings (SSSR count). The number of carbonyl (C=O) groups excluding carboxylic acids is 2. The van der Waals surface area contributed by atoms with Crippen molar-refractivity contribution in [2.75, 3.05) is 0 Å². The highest BCUT2D eigenvalue weighted by Crippen LogP contribution is 2.29. The van der Waals surface area contributed by atoms with E-state index in [4.69, 9.17) is 4.74 Å². The van der Waals surface area contributed by atoms with Gasteiger partial charge in [-0.1, -0.05) is 24.3 Å². The monoisotopic (exact) mass is 391 g/mol. The van der Waals surface area contributed by atoms with Gasteiger partial charge in [-0.15, -0.1) is 0 Å². The number of nitrogens with one attached hydrogen (secondary N) is 1. The first-order valence-corrected chi connectivity index (χ1v) is 9.52. The Morgan fingerprint density at radius 2 is 2.10 bits per heavy atom. The number of fused-ring (bicyclic) bond motifs is 1. The highest BCUT2D eigenvalue weighted by Gasteiger charge is 2.25. The van der Waals surface area contributed by atoms with Gasteiger partial charge in [-0.3, -0.25) is 4.79 Å². The van der Waals surface area contributed by atoms with Gasteiger partial charge in [0.25, 0.3) is 5.91 Å². The van der Waals surface area contributed by atoms with E-state index < -0.39 is 12.1 Å². The van der Waals surface area contributed by atoms with Gasteiger partial charge >= 0.3 is 5.97 Å². The summed E-state index contributed by atoms with van der Waals surface area (Å²) in [6, 6.07) is 11.3. The molecule has 0 spiro atoms. The van der Waals surface area contributed by atoms with Gasteiger partial charge in [0.15, 0.2) is 11.9 Å². The lowest BCUT2D eigenvalue weighted by Gasteiger charge is -2.27. The molecular weight excluding hydrogens is 370 g/mol. The van der Waals surface area contributed by atoms with Crippen molar-refractivity contribution in [3.8, 4) is 5.82 Å². The van der Waals surface area contributed by atoms with E-state index in [0.717, 1.165) is 24.8 Å². The molecule has 148 valence electrons. The zero-order valence-corrected chi connectivity index (χ0v) is 16.0. The van der Waals surface area contributed by atoms with Gasteiger partial charge in [-0.2, -0.15) is 5.10 Å². The van der Waals surface area contributed by atoms with E-state index in [1.165, 1.54) is 29.1 Å². The number of amides is 1. The normalized spacial score (nSPS) is 16.5. The van der Waals surface area contributed by atoms with Crippen molar-refractivity contribution in [1.29, 1.82) is 0 Å². The summed E-state index contributed by atoms with van der Waals surface area (Å²) in [5.74, 6) is -0.387. The lowest BCUT2D eigenvalue weighted by atomic mass is 9.87. The molecule has 1 aliphatic carbocycles. The van der Waals surface area contributed by atoms with E-state index in [1.54, 1.807) is 19.1 Å². The Kier molecular flexibility index (Phi) is 5.33. The minimum Gasteiger partial charge on any atom is -0.449 e. The van der Waals surface area contributed by atoms with Crippen molar-refractivity contribution in [1.82, 2.24) is 25.1 Å². The molecule has 1 aromatic carbocycles. The van der Waals surface area contributed by atoms with Crippen LogP contribution in [0.1, 0.15) is 47.3 Å². The number of hydrogen-bond acceptors (Lipinski definition) is 6. The summed E-state index contributed by atoms with van der Waals surface area (Å²) in [6.07, 6.45) is 6.29. The first-order valence-electron chi connectivity index (χ1n) is 9.52. The number of esters is 1. The number of hydrogen-bond donors (Lipinski definition) is 1. The standard InChI is InChI=1S/C21H21N5O3/c1-14(20(27)25-18-8-4-6-15-5-2-3-7-17(15)18)29-21(28)16-9-10-19(23-11-16)26-13-22-12-24-26/h2-3,5,7,9-14,18H,4,6,8H2,1H3,(H,25,27)/t14-,18-/m0/s1. The fourth-order valence-corrected chi connectivity index (χ4v) is 3.44. The zero-order valence-electron chi connectivity index (χ0n) is 16.0. The maximum Gasteiger partial charge on any atom is 0.340 e. The van der Waals surface area contributed by atoms with Crippen LogP contribution in [0.3, 0.4) is 0 Å². The van der Waals surface area contributed by atoms with Gasteiger partial charge in [-0.25, -0.2) is 19.4 Å². The highest BCUT2D eigenvalue weighted by molar-refractivity contribution is 5.92. The van der Waals surface area contributed by atoms with Crippen LogP contribution in [0.15, 0.2) is 55.2 Å². The molecule has 29 heavy (non-hydrogen) atoms. The maximum atomic E-state index is 12.6. The summed E-state index contributed by atoms with van der Waals surface area (Å²) >= 11 is 0. The molecule has 8 nitrogen and oxygen atoms in total. The van der Waals surface area contributed by atoms with E-state index in [0.29, 0.717) is 5.82 Å². The molecule has 0 unspecified atom stereocenters. The Labute approximate surface area is 167 Å². The number of benzene rings is 1. The van der Waals surface area contributed by atoms with Gasteiger partial charge in [0, 0.05) is 6.20 Å². The van der Waals surface area contributed by atoms with Gasteiger partial charge in [-0.05, 0) is 49.4 Å². The summed E-state index contributed by atoms with van der Waals surface area (Å²) in [7, 11) is 0. The lowest BCUT2D eigenvalue weighted by Crippen LogP contribution is -2.39. The summed E-state index contributed by atoms with van der Waals surface area (Å²) in [4.78, 5) is 33.0. The third kappa shape index (κ3) is 4.16. The minimum atomic E-state index is -0.911. The summed E-state index contributed by atoms with van der Waals surface area (Å²) < 4.78 is 6.81.